The van der Waals surface area contributed by atoms with Crippen LogP contribution in [-0.2, 0) is 9.53 Å². The van der Waals surface area contributed by atoms with Crippen molar-refractivity contribution >= 4 is 5.91 Å². The maximum Gasteiger partial charge on any atom is 0.249 e. The third kappa shape index (κ3) is 4.42. The summed E-state index contributed by atoms with van der Waals surface area (Å²) in [5, 5.41) is 3.13. The van der Waals surface area contributed by atoms with Crippen LogP contribution in [0.25, 0.3) is 0 Å². The molecule has 0 aliphatic heterocycles. The second-order valence-electron chi connectivity index (χ2n) is 6.18. The first-order valence-electron chi connectivity index (χ1n) is 8.26. The summed E-state index contributed by atoms with van der Waals surface area (Å²) < 4.78 is 5.69. The number of rotatable bonds is 7. The van der Waals surface area contributed by atoms with Gasteiger partial charge in [-0.05, 0) is 36.8 Å². The Balaban J connectivity index is 1.71. The normalized spacial score (nSPS) is 15.4. The zero-order valence-electron chi connectivity index (χ0n) is 13.4. The zero-order valence-corrected chi connectivity index (χ0v) is 13.4. The third-order valence-electron chi connectivity index (χ3n) is 4.20. The van der Waals surface area contributed by atoms with Crippen LogP contribution in [0, 0.1) is 5.92 Å². The van der Waals surface area contributed by atoms with Crippen LogP contribution in [0.5, 0.6) is 0 Å². The lowest BCUT2D eigenvalue weighted by Gasteiger charge is -2.22. The number of carbonyl (C=O) groups excluding carboxylic acids is 1. The molecular weight excluding hydrogens is 286 g/mol. The van der Waals surface area contributed by atoms with Crippen LogP contribution in [0.15, 0.2) is 60.7 Å². The van der Waals surface area contributed by atoms with E-state index in [0.29, 0.717) is 12.5 Å². The van der Waals surface area contributed by atoms with Crippen LogP contribution >= 0.6 is 0 Å². The summed E-state index contributed by atoms with van der Waals surface area (Å²) in [6.07, 6.45) is 2.03. The maximum absolute atomic E-state index is 12.5. The van der Waals surface area contributed by atoms with Gasteiger partial charge >= 0.3 is 0 Å². The van der Waals surface area contributed by atoms with Gasteiger partial charge in [-0.15, -0.1) is 0 Å². The van der Waals surface area contributed by atoms with Crippen LogP contribution < -0.4 is 5.32 Å². The monoisotopic (exact) mass is 309 g/mol. The number of hydrogen-bond acceptors (Lipinski definition) is 2. The molecule has 0 radical (unpaired) electrons. The van der Waals surface area contributed by atoms with Crippen molar-refractivity contribution in [3.8, 4) is 0 Å². The van der Waals surface area contributed by atoms with Gasteiger partial charge in [0.2, 0.25) is 5.91 Å². The molecule has 0 heterocycles. The van der Waals surface area contributed by atoms with E-state index in [2.05, 4.69) is 5.32 Å². The summed E-state index contributed by atoms with van der Waals surface area (Å²) in [6, 6.07) is 19.9. The molecule has 0 bridgehead atoms. The molecule has 0 spiro atoms. The molecule has 1 saturated carbocycles. The second-order valence-corrected chi connectivity index (χ2v) is 6.18. The average Bonchev–Trinajstić information content (AvgIpc) is 3.43. The van der Waals surface area contributed by atoms with Gasteiger partial charge in [-0.2, -0.15) is 0 Å². The average molecular weight is 309 g/mol. The fourth-order valence-electron chi connectivity index (χ4n) is 2.55. The van der Waals surface area contributed by atoms with E-state index in [1.807, 2.05) is 67.6 Å². The van der Waals surface area contributed by atoms with Crippen LogP contribution in [0.2, 0.25) is 0 Å². The number of amides is 1. The Labute approximate surface area is 137 Å². The summed E-state index contributed by atoms with van der Waals surface area (Å²) in [5.41, 5.74) is 2.14. The number of ether oxygens (including phenoxy) is 1. The third-order valence-corrected chi connectivity index (χ3v) is 4.20. The largest absolute Gasteiger partial charge is 0.368 e. The molecule has 1 aliphatic rings. The fraction of sp³-hybridized carbons (Fsp3) is 0.350. The summed E-state index contributed by atoms with van der Waals surface area (Å²) in [4.78, 5) is 12.5. The second kappa shape index (κ2) is 7.42. The van der Waals surface area contributed by atoms with Crippen molar-refractivity contribution in [1.82, 2.24) is 5.32 Å². The summed E-state index contributed by atoms with van der Waals surface area (Å²) in [5.74, 6) is 0.590. The SMILES string of the molecule is CC(OCC1CC1)C(=O)NC(c1ccccc1)c1ccccc1. The zero-order chi connectivity index (χ0) is 16.1. The van der Waals surface area contributed by atoms with Crippen molar-refractivity contribution in [2.45, 2.75) is 31.9 Å². The van der Waals surface area contributed by atoms with Gasteiger partial charge < -0.3 is 10.1 Å². The van der Waals surface area contributed by atoms with E-state index in [4.69, 9.17) is 4.74 Å². The van der Waals surface area contributed by atoms with Crippen molar-refractivity contribution in [2.24, 2.45) is 5.92 Å². The van der Waals surface area contributed by atoms with Crippen LogP contribution in [-0.4, -0.2) is 18.6 Å². The van der Waals surface area contributed by atoms with Gasteiger partial charge in [0, 0.05) is 0 Å². The number of carbonyl (C=O) groups is 1. The quantitative estimate of drug-likeness (QED) is 0.847. The van der Waals surface area contributed by atoms with Crippen molar-refractivity contribution in [1.29, 1.82) is 0 Å². The van der Waals surface area contributed by atoms with E-state index < -0.39 is 6.10 Å². The Morgan fingerprint density at radius 1 is 1.04 bits per heavy atom. The molecule has 0 aromatic heterocycles. The maximum atomic E-state index is 12.5. The first kappa shape index (κ1) is 15.8. The van der Waals surface area contributed by atoms with Gasteiger partial charge in [0.25, 0.3) is 0 Å². The Morgan fingerprint density at radius 3 is 2.04 bits per heavy atom. The summed E-state index contributed by atoms with van der Waals surface area (Å²) in [7, 11) is 0. The number of benzene rings is 2. The molecule has 2 aromatic rings. The Hall–Kier alpha value is -2.13. The molecule has 120 valence electrons. The molecule has 1 fully saturated rings. The standard InChI is InChI=1S/C20H23NO2/c1-15(23-14-16-12-13-16)20(22)21-19(17-8-4-2-5-9-17)18-10-6-3-7-11-18/h2-11,15-16,19H,12-14H2,1H3,(H,21,22). The van der Waals surface area contributed by atoms with Crippen LogP contribution in [0.3, 0.4) is 0 Å². The van der Waals surface area contributed by atoms with E-state index in [1.54, 1.807) is 0 Å². The molecule has 3 rings (SSSR count). The van der Waals surface area contributed by atoms with E-state index >= 15 is 0 Å². The van der Waals surface area contributed by atoms with Crippen LogP contribution in [0.4, 0.5) is 0 Å². The van der Waals surface area contributed by atoms with Gasteiger partial charge in [0.15, 0.2) is 0 Å². The van der Waals surface area contributed by atoms with Crippen molar-refractivity contribution < 1.29 is 9.53 Å². The lowest BCUT2D eigenvalue weighted by Crippen LogP contribution is -2.37. The number of hydrogen-bond donors (Lipinski definition) is 1. The molecule has 0 saturated heterocycles. The minimum absolute atomic E-state index is 0.0663. The van der Waals surface area contributed by atoms with Gasteiger partial charge in [-0.3, -0.25) is 4.79 Å². The lowest BCUT2D eigenvalue weighted by atomic mass is 9.98. The van der Waals surface area contributed by atoms with E-state index in [1.165, 1.54) is 12.8 Å². The highest BCUT2D eigenvalue weighted by Crippen LogP contribution is 2.29. The Bertz CT molecular complexity index is 583. The van der Waals surface area contributed by atoms with Gasteiger partial charge in [0.1, 0.15) is 6.10 Å². The molecule has 2 aromatic carbocycles. The molecule has 1 amide bonds. The first-order valence-corrected chi connectivity index (χ1v) is 8.26. The molecule has 1 aliphatic carbocycles. The minimum Gasteiger partial charge on any atom is -0.368 e. The molecule has 23 heavy (non-hydrogen) atoms. The highest BCUT2D eigenvalue weighted by molar-refractivity contribution is 5.81. The van der Waals surface area contributed by atoms with Crippen molar-refractivity contribution in [2.75, 3.05) is 6.61 Å². The summed E-state index contributed by atoms with van der Waals surface area (Å²) >= 11 is 0. The fourth-order valence-corrected chi connectivity index (χ4v) is 2.55. The van der Waals surface area contributed by atoms with Crippen molar-refractivity contribution in [3.05, 3.63) is 71.8 Å². The van der Waals surface area contributed by atoms with E-state index in [0.717, 1.165) is 11.1 Å². The van der Waals surface area contributed by atoms with E-state index in [9.17, 15) is 4.79 Å². The Kier molecular flexibility index (Phi) is 5.09. The predicted molar refractivity (Wildman–Crippen MR) is 91.0 cm³/mol. The first-order chi connectivity index (χ1) is 11.2. The van der Waals surface area contributed by atoms with Crippen LogP contribution in [0.1, 0.15) is 36.9 Å². The molecule has 3 heteroatoms. The highest BCUT2D eigenvalue weighted by atomic mass is 16.5. The lowest BCUT2D eigenvalue weighted by molar-refractivity contribution is -0.132. The van der Waals surface area contributed by atoms with Crippen molar-refractivity contribution in [3.63, 3.8) is 0 Å². The smallest absolute Gasteiger partial charge is 0.249 e. The van der Waals surface area contributed by atoms with Gasteiger partial charge in [-0.1, -0.05) is 60.7 Å². The van der Waals surface area contributed by atoms with E-state index in [-0.39, 0.29) is 11.9 Å². The number of nitrogens with one attached hydrogen (secondary N) is 1. The minimum atomic E-state index is -0.425. The Morgan fingerprint density at radius 2 is 1.57 bits per heavy atom. The predicted octanol–water partition coefficient (Wildman–Crippen LogP) is 3.71. The molecule has 1 atom stereocenters. The molecule has 1 unspecified atom stereocenters. The molecule has 3 nitrogen and oxygen atoms in total. The molecular formula is C20H23NO2. The highest BCUT2D eigenvalue weighted by Gasteiger charge is 2.25. The van der Waals surface area contributed by atoms with Gasteiger partial charge in [-0.25, -0.2) is 0 Å². The topological polar surface area (TPSA) is 38.3 Å². The van der Waals surface area contributed by atoms with Gasteiger partial charge in [0.05, 0.1) is 12.6 Å². The summed E-state index contributed by atoms with van der Waals surface area (Å²) in [6.45, 7) is 2.51. The molecule has 1 N–H and O–H groups in total.